The molecule has 2 amide bonds. The summed E-state index contributed by atoms with van der Waals surface area (Å²) >= 11 is 0. The fourth-order valence-electron chi connectivity index (χ4n) is 1.81. The van der Waals surface area contributed by atoms with Gasteiger partial charge in [-0.1, -0.05) is 0 Å². The molecule has 1 aromatic rings. The number of sulfonamides is 1. The van der Waals surface area contributed by atoms with Crippen molar-refractivity contribution in [2.75, 3.05) is 22.7 Å². The number of hydrogen-bond donors (Lipinski definition) is 3. The van der Waals surface area contributed by atoms with Gasteiger partial charge in [0.1, 0.15) is 0 Å². The van der Waals surface area contributed by atoms with Gasteiger partial charge in [0.25, 0.3) is 0 Å². The van der Waals surface area contributed by atoms with Crippen molar-refractivity contribution < 1.29 is 23.1 Å². The van der Waals surface area contributed by atoms with Crippen molar-refractivity contribution in [3.05, 3.63) is 24.3 Å². The second kappa shape index (κ2) is 5.60. The van der Waals surface area contributed by atoms with Gasteiger partial charge in [-0.25, -0.2) is 13.2 Å². The standard InChI is InChI=1S/C12H15N3O5S/c1-8(11(16)17)21(19,20)14-9-2-4-10(5-3-9)15-7-6-13-12(15)18/h2-5,8,14H,6-7H2,1H3,(H,13,18)(H,16,17). The van der Waals surface area contributed by atoms with Crippen LogP contribution in [0.1, 0.15) is 6.92 Å². The molecule has 8 nitrogen and oxygen atoms in total. The number of hydrogen-bond acceptors (Lipinski definition) is 4. The minimum absolute atomic E-state index is 0.206. The van der Waals surface area contributed by atoms with E-state index in [0.29, 0.717) is 18.8 Å². The van der Waals surface area contributed by atoms with Crippen LogP contribution >= 0.6 is 0 Å². The Morgan fingerprint density at radius 1 is 1.38 bits per heavy atom. The number of carbonyl (C=O) groups is 2. The van der Waals surface area contributed by atoms with Crippen molar-refractivity contribution in [3.8, 4) is 0 Å². The molecule has 114 valence electrons. The summed E-state index contributed by atoms with van der Waals surface area (Å²) in [5.74, 6) is -1.42. The summed E-state index contributed by atoms with van der Waals surface area (Å²) < 4.78 is 25.7. The number of benzene rings is 1. The topological polar surface area (TPSA) is 116 Å². The molecule has 2 rings (SSSR count). The molecule has 1 aliphatic rings. The van der Waals surface area contributed by atoms with E-state index in [1.54, 1.807) is 12.1 Å². The van der Waals surface area contributed by atoms with E-state index in [2.05, 4.69) is 10.0 Å². The van der Waals surface area contributed by atoms with Gasteiger partial charge in [0.15, 0.2) is 5.25 Å². The van der Waals surface area contributed by atoms with Crippen molar-refractivity contribution in [1.29, 1.82) is 0 Å². The van der Waals surface area contributed by atoms with Gasteiger partial charge >= 0.3 is 12.0 Å². The average Bonchev–Trinajstić information content (AvgIpc) is 2.84. The number of anilines is 2. The highest BCUT2D eigenvalue weighted by Crippen LogP contribution is 2.20. The van der Waals surface area contributed by atoms with E-state index in [-0.39, 0.29) is 11.7 Å². The first kappa shape index (κ1) is 15.1. The predicted octanol–water partition coefficient (Wildman–Crippen LogP) is 0.431. The Bertz CT molecular complexity index is 656. The highest BCUT2D eigenvalue weighted by molar-refractivity contribution is 7.94. The number of aliphatic carboxylic acids is 1. The van der Waals surface area contributed by atoms with Gasteiger partial charge in [0, 0.05) is 24.5 Å². The number of carbonyl (C=O) groups excluding carboxylic acids is 1. The van der Waals surface area contributed by atoms with Gasteiger partial charge in [0.05, 0.1) is 0 Å². The third-order valence-corrected chi connectivity index (χ3v) is 4.76. The SMILES string of the molecule is CC(C(=O)O)S(=O)(=O)Nc1ccc(N2CCNC2=O)cc1. The van der Waals surface area contributed by atoms with Gasteiger partial charge in [-0.15, -0.1) is 0 Å². The third-order valence-electron chi connectivity index (χ3n) is 3.11. The van der Waals surface area contributed by atoms with Crippen molar-refractivity contribution in [2.45, 2.75) is 12.2 Å². The van der Waals surface area contributed by atoms with Crippen LogP contribution in [0.15, 0.2) is 24.3 Å². The summed E-state index contributed by atoms with van der Waals surface area (Å²) in [4.78, 5) is 23.7. The molecule has 1 unspecified atom stereocenters. The summed E-state index contributed by atoms with van der Waals surface area (Å²) in [6, 6.07) is 5.94. The van der Waals surface area contributed by atoms with Gasteiger partial charge in [-0.2, -0.15) is 0 Å². The summed E-state index contributed by atoms with van der Waals surface area (Å²) in [5.41, 5.74) is 0.880. The molecule has 21 heavy (non-hydrogen) atoms. The van der Waals surface area contributed by atoms with Crippen molar-refractivity contribution in [1.82, 2.24) is 5.32 Å². The van der Waals surface area contributed by atoms with Crippen LogP contribution in [0.5, 0.6) is 0 Å². The first-order valence-electron chi connectivity index (χ1n) is 6.21. The maximum absolute atomic E-state index is 11.8. The lowest BCUT2D eigenvalue weighted by atomic mass is 10.2. The van der Waals surface area contributed by atoms with Crippen LogP contribution in [-0.4, -0.2) is 43.9 Å². The zero-order chi connectivity index (χ0) is 15.6. The van der Waals surface area contributed by atoms with E-state index in [4.69, 9.17) is 5.11 Å². The molecule has 0 radical (unpaired) electrons. The Kier molecular flexibility index (Phi) is 4.03. The number of carboxylic acids is 1. The van der Waals surface area contributed by atoms with Crippen molar-refractivity contribution in [3.63, 3.8) is 0 Å². The second-order valence-corrected chi connectivity index (χ2v) is 6.56. The molecule has 0 aromatic heterocycles. The molecular weight excluding hydrogens is 298 g/mol. The highest BCUT2D eigenvalue weighted by atomic mass is 32.2. The number of nitrogens with zero attached hydrogens (tertiary/aromatic N) is 1. The van der Waals surface area contributed by atoms with E-state index in [1.165, 1.54) is 17.0 Å². The van der Waals surface area contributed by atoms with Crippen LogP contribution in [-0.2, 0) is 14.8 Å². The quantitative estimate of drug-likeness (QED) is 0.729. The summed E-state index contributed by atoms with van der Waals surface area (Å²) in [7, 11) is -4.00. The maximum atomic E-state index is 11.8. The first-order chi connectivity index (χ1) is 9.81. The summed E-state index contributed by atoms with van der Waals surface area (Å²) in [6.45, 7) is 2.19. The molecule has 3 N–H and O–H groups in total. The number of rotatable bonds is 5. The fourth-order valence-corrected chi connectivity index (χ4v) is 2.72. The van der Waals surface area contributed by atoms with Crippen molar-refractivity contribution >= 4 is 33.4 Å². The lowest BCUT2D eigenvalue weighted by molar-refractivity contribution is -0.136. The van der Waals surface area contributed by atoms with E-state index in [9.17, 15) is 18.0 Å². The molecular formula is C12H15N3O5S. The minimum atomic E-state index is -4.00. The number of amides is 2. The van der Waals surface area contributed by atoms with E-state index in [1.807, 2.05) is 0 Å². The highest BCUT2D eigenvalue weighted by Gasteiger charge is 2.27. The Balaban J connectivity index is 2.13. The Hall–Kier alpha value is -2.29. The van der Waals surface area contributed by atoms with Crippen LogP contribution < -0.4 is 14.9 Å². The molecule has 1 aromatic carbocycles. The smallest absolute Gasteiger partial charge is 0.323 e. The van der Waals surface area contributed by atoms with Crippen LogP contribution in [0, 0.1) is 0 Å². The van der Waals surface area contributed by atoms with Gasteiger partial charge < -0.3 is 10.4 Å². The van der Waals surface area contributed by atoms with Crippen LogP contribution in [0.3, 0.4) is 0 Å². The molecule has 1 fully saturated rings. The minimum Gasteiger partial charge on any atom is -0.480 e. The van der Waals surface area contributed by atoms with Crippen LogP contribution in [0.4, 0.5) is 16.2 Å². The summed E-state index contributed by atoms with van der Waals surface area (Å²) in [5, 5.41) is 9.85. The number of carboxylic acid groups (broad SMARTS) is 1. The molecule has 9 heteroatoms. The Labute approximate surface area is 121 Å². The van der Waals surface area contributed by atoms with Gasteiger partial charge in [-0.3, -0.25) is 14.4 Å². The van der Waals surface area contributed by atoms with Crippen LogP contribution in [0.25, 0.3) is 0 Å². The van der Waals surface area contributed by atoms with E-state index < -0.39 is 21.2 Å². The van der Waals surface area contributed by atoms with Gasteiger partial charge in [0.2, 0.25) is 10.0 Å². The number of nitrogens with one attached hydrogen (secondary N) is 2. The van der Waals surface area contributed by atoms with Crippen LogP contribution in [0.2, 0.25) is 0 Å². The van der Waals surface area contributed by atoms with Gasteiger partial charge in [-0.05, 0) is 31.2 Å². The maximum Gasteiger partial charge on any atom is 0.323 e. The Morgan fingerprint density at radius 2 is 2.00 bits per heavy atom. The van der Waals surface area contributed by atoms with E-state index in [0.717, 1.165) is 6.92 Å². The molecule has 1 saturated heterocycles. The Morgan fingerprint density at radius 3 is 2.48 bits per heavy atom. The van der Waals surface area contributed by atoms with Crippen molar-refractivity contribution in [2.24, 2.45) is 0 Å². The lowest BCUT2D eigenvalue weighted by Gasteiger charge is -2.15. The monoisotopic (exact) mass is 313 g/mol. The molecule has 1 atom stereocenters. The zero-order valence-corrected chi connectivity index (χ0v) is 12.1. The molecule has 0 aliphatic carbocycles. The second-order valence-electron chi connectivity index (χ2n) is 4.56. The first-order valence-corrected chi connectivity index (χ1v) is 7.76. The average molecular weight is 313 g/mol. The lowest BCUT2D eigenvalue weighted by Crippen LogP contribution is -2.32. The molecule has 0 bridgehead atoms. The normalized spacial score (nSPS) is 16.4. The molecule has 0 saturated carbocycles. The molecule has 1 aliphatic heterocycles. The third kappa shape index (κ3) is 3.24. The number of urea groups is 1. The largest absolute Gasteiger partial charge is 0.480 e. The summed E-state index contributed by atoms with van der Waals surface area (Å²) in [6.07, 6.45) is 0. The molecule has 1 heterocycles. The zero-order valence-electron chi connectivity index (χ0n) is 11.2. The fraction of sp³-hybridized carbons (Fsp3) is 0.333. The van der Waals surface area contributed by atoms with E-state index >= 15 is 0 Å². The molecule has 0 spiro atoms. The predicted molar refractivity (Wildman–Crippen MR) is 76.8 cm³/mol.